The third-order valence-electron chi connectivity index (χ3n) is 5.00. The number of carbonyl (C=O) groups is 2. The van der Waals surface area contributed by atoms with Crippen LogP contribution in [0.25, 0.3) is 0 Å². The lowest BCUT2D eigenvalue weighted by Crippen LogP contribution is -2.42. The van der Waals surface area contributed by atoms with Crippen molar-refractivity contribution in [2.75, 3.05) is 23.7 Å². The first-order chi connectivity index (χ1) is 14.1. The first-order valence-electron chi connectivity index (χ1n) is 10.1. The Labute approximate surface area is 181 Å². The number of fused-ring (bicyclic) bond motifs is 1. The van der Waals surface area contributed by atoms with E-state index >= 15 is 0 Å². The average molecular weight is 433 g/mol. The smallest absolute Gasteiger partial charge is 0.240 e. The van der Waals surface area contributed by atoms with Gasteiger partial charge in [-0.3, -0.25) is 19.2 Å². The van der Waals surface area contributed by atoms with Gasteiger partial charge in [0.1, 0.15) is 18.2 Å². The second kappa shape index (κ2) is 8.79. The number of rotatable bonds is 5. The van der Waals surface area contributed by atoms with Crippen LogP contribution in [0.5, 0.6) is 0 Å². The fourth-order valence-corrected chi connectivity index (χ4v) is 4.81. The van der Waals surface area contributed by atoms with Crippen LogP contribution in [0.1, 0.15) is 56.2 Å². The maximum absolute atomic E-state index is 13.5. The zero-order chi connectivity index (χ0) is 22.1. The van der Waals surface area contributed by atoms with Crippen molar-refractivity contribution < 1.29 is 14.0 Å². The number of carbonyl (C=O) groups excluding carboxylic acids is 2. The van der Waals surface area contributed by atoms with E-state index in [1.807, 2.05) is 6.92 Å². The van der Waals surface area contributed by atoms with Crippen molar-refractivity contribution in [2.24, 2.45) is 7.05 Å². The molecule has 0 saturated carbocycles. The molecule has 8 heteroatoms. The Hall–Kier alpha value is -2.35. The highest BCUT2D eigenvalue weighted by Gasteiger charge is 2.38. The molecule has 0 fully saturated rings. The molecule has 0 radical (unpaired) electrons. The van der Waals surface area contributed by atoms with Gasteiger partial charge in [-0.2, -0.15) is 5.10 Å². The van der Waals surface area contributed by atoms with Gasteiger partial charge >= 0.3 is 0 Å². The molecule has 1 aromatic heterocycles. The number of aryl methyl sites for hydroxylation is 1. The molecule has 30 heavy (non-hydrogen) atoms. The fraction of sp³-hybridized carbons (Fsp3) is 0.500. The molecular formula is C22H29FN4O2S. The highest BCUT2D eigenvalue weighted by molar-refractivity contribution is 8.00. The summed E-state index contributed by atoms with van der Waals surface area (Å²) in [5.41, 5.74) is 2.42. The number of benzene rings is 1. The lowest BCUT2D eigenvalue weighted by atomic mass is 9.87. The van der Waals surface area contributed by atoms with Crippen molar-refractivity contribution in [2.45, 2.75) is 44.8 Å². The van der Waals surface area contributed by atoms with Gasteiger partial charge in [0.25, 0.3) is 0 Å². The zero-order valence-electron chi connectivity index (χ0n) is 18.2. The van der Waals surface area contributed by atoms with Gasteiger partial charge < -0.3 is 5.32 Å². The molecule has 3 rings (SSSR count). The number of amides is 2. The second-order valence-electron chi connectivity index (χ2n) is 8.53. The van der Waals surface area contributed by atoms with Crippen LogP contribution in [0.2, 0.25) is 0 Å². The largest absolute Gasteiger partial charge is 0.355 e. The maximum atomic E-state index is 13.5. The van der Waals surface area contributed by atoms with E-state index in [1.54, 1.807) is 28.8 Å². The average Bonchev–Trinajstić information content (AvgIpc) is 2.96. The summed E-state index contributed by atoms with van der Waals surface area (Å²) in [6, 6.07) is 6.38. The summed E-state index contributed by atoms with van der Waals surface area (Å²) in [6.07, 6.45) is 0.827. The molecule has 0 bridgehead atoms. The topological polar surface area (TPSA) is 67.2 Å². The maximum Gasteiger partial charge on any atom is 0.240 e. The summed E-state index contributed by atoms with van der Waals surface area (Å²) in [7, 11) is 1.80. The van der Waals surface area contributed by atoms with E-state index in [2.05, 4.69) is 26.1 Å². The van der Waals surface area contributed by atoms with Crippen LogP contribution in [0.4, 0.5) is 10.2 Å². The monoisotopic (exact) mass is 432 g/mol. The van der Waals surface area contributed by atoms with Crippen LogP contribution in [0.15, 0.2) is 24.3 Å². The summed E-state index contributed by atoms with van der Waals surface area (Å²) in [4.78, 5) is 27.1. The highest BCUT2D eigenvalue weighted by Crippen LogP contribution is 2.47. The SMILES string of the molecule is CCCNC(=O)CN1C(=O)CSC(c2ccc(F)cc2)c2c(C(C)(C)C)nn(C)c21. The van der Waals surface area contributed by atoms with Crippen LogP contribution in [0, 0.1) is 5.82 Å². The quantitative estimate of drug-likeness (QED) is 0.785. The standard InChI is InChI=1S/C22H29FN4O2S/c1-6-11-24-16(28)12-27-17(29)13-30-19(14-7-9-15(23)10-8-14)18-20(22(2,3)4)25-26(5)21(18)27/h7-10,19H,6,11-13H2,1-5H3,(H,24,28). The lowest BCUT2D eigenvalue weighted by molar-refractivity contribution is -0.122. The second-order valence-corrected chi connectivity index (χ2v) is 9.63. The van der Waals surface area contributed by atoms with Crippen molar-refractivity contribution in [3.8, 4) is 0 Å². The molecule has 1 aliphatic rings. The number of thioether (sulfide) groups is 1. The van der Waals surface area contributed by atoms with E-state index < -0.39 is 0 Å². The summed E-state index contributed by atoms with van der Waals surface area (Å²) in [5.74, 6) is 0.225. The Morgan fingerprint density at radius 1 is 1.30 bits per heavy atom. The number of hydrogen-bond acceptors (Lipinski definition) is 4. The molecule has 2 heterocycles. The Balaban J connectivity index is 2.14. The minimum Gasteiger partial charge on any atom is -0.355 e. The number of halogens is 1. The molecule has 0 saturated heterocycles. The Morgan fingerprint density at radius 2 is 1.97 bits per heavy atom. The van der Waals surface area contributed by atoms with Gasteiger partial charge in [-0.15, -0.1) is 11.8 Å². The molecule has 0 aliphatic carbocycles. The van der Waals surface area contributed by atoms with Gasteiger partial charge in [-0.25, -0.2) is 4.39 Å². The number of nitrogens with zero attached hydrogens (tertiary/aromatic N) is 3. The van der Waals surface area contributed by atoms with Gasteiger partial charge in [-0.05, 0) is 24.1 Å². The van der Waals surface area contributed by atoms with Crippen LogP contribution >= 0.6 is 11.8 Å². The lowest BCUT2D eigenvalue weighted by Gasteiger charge is -2.24. The van der Waals surface area contributed by atoms with Gasteiger partial charge in [0.2, 0.25) is 11.8 Å². The molecule has 1 aromatic carbocycles. The third-order valence-corrected chi connectivity index (χ3v) is 6.26. The van der Waals surface area contributed by atoms with Crippen LogP contribution in [-0.4, -0.2) is 40.4 Å². The predicted octanol–water partition coefficient (Wildman–Crippen LogP) is 3.55. The van der Waals surface area contributed by atoms with Crippen molar-refractivity contribution in [3.63, 3.8) is 0 Å². The molecule has 0 spiro atoms. The van der Waals surface area contributed by atoms with E-state index in [9.17, 15) is 14.0 Å². The Bertz CT molecular complexity index is 934. The molecule has 6 nitrogen and oxygen atoms in total. The number of anilines is 1. The minimum absolute atomic E-state index is 0.0500. The van der Waals surface area contributed by atoms with Gasteiger partial charge in [0.05, 0.1) is 16.7 Å². The summed E-state index contributed by atoms with van der Waals surface area (Å²) in [5, 5.41) is 7.42. The normalized spacial score (nSPS) is 16.9. The fourth-order valence-electron chi connectivity index (χ4n) is 3.61. The van der Waals surface area contributed by atoms with E-state index in [0.717, 1.165) is 23.2 Å². The van der Waals surface area contributed by atoms with E-state index in [0.29, 0.717) is 12.4 Å². The first kappa shape index (κ1) is 22.3. The highest BCUT2D eigenvalue weighted by atomic mass is 32.2. The molecule has 1 unspecified atom stereocenters. The van der Waals surface area contributed by atoms with Crippen LogP contribution in [-0.2, 0) is 22.1 Å². The predicted molar refractivity (Wildman–Crippen MR) is 118 cm³/mol. The van der Waals surface area contributed by atoms with Gasteiger partial charge in [0.15, 0.2) is 0 Å². The minimum atomic E-state index is -0.301. The van der Waals surface area contributed by atoms with Crippen molar-refractivity contribution in [1.82, 2.24) is 15.1 Å². The van der Waals surface area contributed by atoms with Crippen molar-refractivity contribution in [1.29, 1.82) is 0 Å². The van der Waals surface area contributed by atoms with E-state index in [-0.39, 0.29) is 40.6 Å². The van der Waals surface area contributed by atoms with E-state index in [1.165, 1.54) is 23.9 Å². The van der Waals surface area contributed by atoms with Crippen LogP contribution in [0.3, 0.4) is 0 Å². The zero-order valence-corrected chi connectivity index (χ0v) is 19.0. The summed E-state index contributed by atoms with van der Waals surface area (Å²) in [6.45, 7) is 8.73. The molecule has 162 valence electrons. The molecule has 1 N–H and O–H groups in total. The van der Waals surface area contributed by atoms with Crippen LogP contribution < -0.4 is 10.2 Å². The molecule has 1 atom stereocenters. The van der Waals surface area contributed by atoms with Crippen molar-refractivity contribution >= 4 is 29.4 Å². The number of hydrogen-bond donors (Lipinski definition) is 1. The summed E-state index contributed by atoms with van der Waals surface area (Å²) >= 11 is 1.49. The Morgan fingerprint density at radius 3 is 2.57 bits per heavy atom. The number of nitrogens with one attached hydrogen (secondary N) is 1. The summed E-state index contributed by atoms with van der Waals surface area (Å²) < 4.78 is 15.2. The van der Waals surface area contributed by atoms with Crippen molar-refractivity contribution in [3.05, 3.63) is 46.9 Å². The third kappa shape index (κ3) is 4.53. The van der Waals surface area contributed by atoms with Gasteiger partial charge in [0, 0.05) is 24.6 Å². The molecule has 2 aromatic rings. The first-order valence-corrected chi connectivity index (χ1v) is 11.2. The molecule has 2 amide bonds. The number of aromatic nitrogens is 2. The van der Waals surface area contributed by atoms with Gasteiger partial charge in [-0.1, -0.05) is 39.8 Å². The van der Waals surface area contributed by atoms with E-state index in [4.69, 9.17) is 5.10 Å². The molecule has 1 aliphatic heterocycles. The Kier molecular flexibility index (Phi) is 6.55. The molecular weight excluding hydrogens is 403 g/mol.